The Morgan fingerprint density at radius 1 is 1.31 bits per heavy atom. The fourth-order valence-corrected chi connectivity index (χ4v) is 3.21. The molecule has 16 heavy (non-hydrogen) atoms. The van der Waals surface area contributed by atoms with Crippen LogP contribution in [-0.2, 0) is 14.3 Å². The van der Waals surface area contributed by atoms with Crippen molar-refractivity contribution in [2.45, 2.75) is 31.8 Å². The van der Waals surface area contributed by atoms with Gasteiger partial charge in [0.15, 0.2) is 0 Å². The van der Waals surface area contributed by atoms with Gasteiger partial charge in [0.1, 0.15) is 0 Å². The predicted octanol–water partition coefficient (Wildman–Crippen LogP) is 0.954. The molecule has 0 amide bonds. The summed E-state index contributed by atoms with van der Waals surface area (Å²) in [6.07, 6.45) is 4.64. The summed E-state index contributed by atoms with van der Waals surface area (Å²) in [5.74, 6) is -0.0174. The molecule has 1 saturated heterocycles. The number of carbonyl (C=O) groups excluding carboxylic acids is 1. The minimum Gasteiger partial charge on any atom is -0.469 e. The third kappa shape index (κ3) is 1.96. The van der Waals surface area contributed by atoms with Crippen molar-refractivity contribution in [2.24, 2.45) is 11.3 Å². The van der Waals surface area contributed by atoms with Gasteiger partial charge in [-0.2, -0.15) is 0 Å². The molecule has 1 N–H and O–H groups in total. The average molecular weight is 227 g/mol. The first-order valence-corrected chi connectivity index (χ1v) is 6.03. The second-order valence-corrected chi connectivity index (χ2v) is 5.00. The average Bonchev–Trinajstić information content (AvgIpc) is 2.73. The Hall–Kier alpha value is -0.610. The normalized spacial score (nSPS) is 38.9. The van der Waals surface area contributed by atoms with E-state index in [1.165, 1.54) is 7.11 Å². The lowest BCUT2D eigenvalue weighted by molar-refractivity contribution is -0.149. The van der Waals surface area contributed by atoms with Gasteiger partial charge in [0, 0.05) is 20.2 Å². The van der Waals surface area contributed by atoms with E-state index in [0.29, 0.717) is 6.10 Å². The number of hydrogen-bond donors (Lipinski definition) is 1. The molecule has 92 valence electrons. The molecule has 1 aliphatic heterocycles. The molecule has 1 spiro atoms. The van der Waals surface area contributed by atoms with E-state index in [0.717, 1.165) is 38.8 Å². The zero-order valence-corrected chi connectivity index (χ0v) is 10.1. The smallest absolute Gasteiger partial charge is 0.310 e. The van der Waals surface area contributed by atoms with Gasteiger partial charge >= 0.3 is 5.97 Å². The Bertz CT molecular complexity index is 259. The van der Waals surface area contributed by atoms with Crippen molar-refractivity contribution in [2.75, 3.05) is 27.3 Å². The van der Waals surface area contributed by atoms with Crippen LogP contribution in [0.5, 0.6) is 0 Å². The van der Waals surface area contributed by atoms with E-state index in [9.17, 15) is 4.79 Å². The molecule has 2 rings (SSSR count). The van der Waals surface area contributed by atoms with Crippen molar-refractivity contribution in [1.82, 2.24) is 5.32 Å². The summed E-state index contributed by atoms with van der Waals surface area (Å²) in [6.45, 7) is 1.72. The summed E-state index contributed by atoms with van der Waals surface area (Å²) in [5, 5.41) is 3.34. The van der Waals surface area contributed by atoms with Crippen molar-refractivity contribution >= 4 is 5.97 Å². The highest BCUT2D eigenvalue weighted by atomic mass is 16.5. The molecule has 0 aromatic rings. The van der Waals surface area contributed by atoms with Gasteiger partial charge in [-0.3, -0.25) is 4.79 Å². The zero-order chi connectivity index (χ0) is 11.6. The van der Waals surface area contributed by atoms with E-state index >= 15 is 0 Å². The lowest BCUT2D eigenvalue weighted by Crippen LogP contribution is -2.40. The highest BCUT2D eigenvalue weighted by molar-refractivity contribution is 5.74. The largest absolute Gasteiger partial charge is 0.469 e. The van der Waals surface area contributed by atoms with E-state index in [-0.39, 0.29) is 17.3 Å². The van der Waals surface area contributed by atoms with Gasteiger partial charge in [0.05, 0.1) is 19.1 Å². The highest BCUT2D eigenvalue weighted by Crippen LogP contribution is 2.45. The lowest BCUT2D eigenvalue weighted by atomic mass is 9.67. The predicted molar refractivity (Wildman–Crippen MR) is 60.1 cm³/mol. The number of esters is 1. The van der Waals surface area contributed by atoms with Crippen LogP contribution < -0.4 is 5.32 Å². The first kappa shape index (κ1) is 11.9. The van der Waals surface area contributed by atoms with Gasteiger partial charge in [0.2, 0.25) is 0 Å². The Kier molecular flexibility index (Phi) is 3.50. The van der Waals surface area contributed by atoms with Crippen molar-refractivity contribution < 1.29 is 14.3 Å². The summed E-state index contributed by atoms with van der Waals surface area (Å²) in [5.41, 5.74) is 0.127. The summed E-state index contributed by atoms with van der Waals surface area (Å²) in [4.78, 5) is 11.7. The number of ether oxygens (including phenoxy) is 2. The Labute approximate surface area is 96.7 Å². The third-order valence-corrected chi connectivity index (χ3v) is 4.31. The molecule has 4 nitrogen and oxygen atoms in total. The highest BCUT2D eigenvalue weighted by Gasteiger charge is 2.48. The van der Waals surface area contributed by atoms with Crippen LogP contribution in [0.15, 0.2) is 0 Å². The molecule has 4 heteroatoms. The van der Waals surface area contributed by atoms with Crippen molar-refractivity contribution in [3.05, 3.63) is 0 Å². The number of hydrogen-bond acceptors (Lipinski definition) is 4. The molecule has 0 bridgehead atoms. The van der Waals surface area contributed by atoms with E-state index in [4.69, 9.17) is 9.47 Å². The SMILES string of the molecule is COC(=O)C1CNCC12CCC(OC)CC2. The maximum Gasteiger partial charge on any atom is 0.310 e. The Morgan fingerprint density at radius 3 is 2.56 bits per heavy atom. The van der Waals surface area contributed by atoms with E-state index in [2.05, 4.69) is 5.32 Å². The van der Waals surface area contributed by atoms with Gasteiger partial charge in [-0.05, 0) is 31.1 Å². The van der Waals surface area contributed by atoms with Crippen LogP contribution in [0, 0.1) is 11.3 Å². The minimum atomic E-state index is -0.0548. The Balaban J connectivity index is 2.04. The maximum atomic E-state index is 11.7. The van der Waals surface area contributed by atoms with Crippen LogP contribution >= 0.6 is 0 Å². The number of methoxy groups -OCH3 is 2. The van der Waals surface area contributed by atoms with Crippen molar-refractivity contribution in [1.29, 1.82) is 0 Å². The first-order valence-electron chi connectivity index (χ1n) is 6.03. The Morgan fingerprint density at radius 2 is 2.00 bits per heavy atom. The van der Waals surface area contributed by atoms with Crippen LogP contribution in [0.2, 0.25) is 0 Å². The second-order valence-electron chi connectivity index (χ2n) is 5.00. The summed E-state index contributed by atoms with van der Waals surface area (Å²) in [7, 11) is 3.25. The number of rotatable bonds is 2. The van der Waals surface area contributed by atoms with Gasteiger partial charge in [-0.25, -0.2) is 0 Å². The van der Waals surface area contributed by atoms with Gasteiger partial charge in [0.25, 0.3) is 0 Å². The summed E-state index contributed by atoms with van der Waals surface area (Å²) in [6, 6.07) is 0. The van der Waals surface area contributed by atoms with Gasteiger partial charge < -0.3 is 14.8 Å². The van der Waals surface area contributed by atoms with Crippen LogP contribution in [0.3, 0.4) is 0 Å². The minimum absolute atomic E-state index is 0.0373. The van der Waals surface area contributed by atoms with E-state index < -0.39 is 0 Å². The number of carbonyl (C=O) groups is 1. The van der Waals surface area contributed by atoms with E-state index in [1.807, 2.05) is 0 Å². The second kappa shape index (κ2) is 4.72. The molecule has 1 saturated carbocycles. The standard InChI is InChI=1S/C12H21NO3/c1-15-9-3-5-12(6-4-9)8-13-7-10(12)11(14)16-2/h9-10,13H,3-8H2,1-2H3. The van der Waals surface area contributed by atoms with Crippen molar-refractivity contribution in [3.8, 4) is 0 Å². The molecule has 0 radical (unpaired) electrons. The quantitative estimate of drug-likeness (QED) is 0.714. The molecular weight excluding hydrogens is 206 g/mol. The number of nitrogens with one attached hydrogen (secondary N) is 1. The molecule has 0 aromatic carbocycles. The fourth-order valence-electron chi connectivity index (χ4n) is 3.21. The van der Waals surface area contributed by atoms with E-state index in [1.54, 1.807) is 7.11 Å². The molecule has 2 aliphatic rings. The molecule has 1 unspecified atom stereocenters. The van der Waals surface area contributed by atoms with Gasteiger partial charge in [-0.15, -0.1) is 0 Å². The molecule has 1 atom stereocenters. The van der Waals surface area contributed by atoms with Crippen LogP contribution in [0.1, 0.15) is 25.7 Å². The zero-order valence-electron chi connectivity index (χ0n) is 10.1. The summed E-state index contributed by atoms with van der Waals surface area (Å²) >= 11 is 0. The van der Waals surface area contributed by atoms with Crippen molar-refractivity contribution in [3.63, 3.8) is 0 Å². The molecule has 2 fully saturated rings. The first-order chi connectivity index (χ1) is 7.72. The third-order valence-electron chi connectivity index (χ3n) is 4.31. The lowest BCUT2D eigenvalue weighted by Gasteiger charge is -2.39. The van der Waals surface area contributed by atoms with Crippen LogP contribution in [0.4, 0.5) is 0 Å². The topological polar surface area (TPSA) is 47.6 Å². The fraction of sp³-hybridized carbons (Fsp3) is 0.917. The summed E-state index contributed by atoms with van der Waals surface area (Å²) < 4.78 is 10.3. The van der Waals surface area contributed by atoms with Gasteiger partial charge in [-0.1, -0.05) is 0 Å². The maximum absolute atomic E-state index is 11.7. The monoisotopic (exact) mass is 227 g/mol. The molecule has 1 heterocycles. The van der Waals surface area contributed by atoms with Crippen LogP contribution in [0.25, 0.3) is 0 Å². The molecule has 1 aliphatic carbocycles. The molecular formula is C12H21NO3. The van der Waals surface area contributed by atoms with Crippen LogP contribution in [-0.4, -0.2) is 39.4 Å². The molecule has 0 aromatic heterocycles.